The van der Waals surface area contributed by atoms with Gasteiger partial charge in [0.2, 0.25) is 0 Å². The maximum Gasteiger partial charge on any atom is 0.138 e. The Morgan fingerprint density at radius 3 is 2.67 bits per heavy atom. The van der Waals surface area contributed by atoms with Crippen molar-refractivity contribution in [3.63, 3.8) is 0 Å². The molecule has 1 rings (SSSR count). The lowest BCUT2D eigenvalue weighted by Gasteiger charge is -2.16. The Hall–Kier alpha value is -0.480. The largest absolute Gasteiger partial charge is 0.506 e. The van der Waals surface area contributed by atoms with E-state index in [9.17, 15) is 5.11 Å². The molecule has 0 aliphatic carbocycles. The molecule has 84 valence electrons. The Kier molecular flexibility index (Phi) is 4.67. The van der Waals surface area contributed by atoms with Crippen molar-refractivity contribution in [2.45, 2.75) is 6.54 Å². The second kappa shape index (κ2) is 5.56. The summed E-state index contributed by atoms with van der Waals surface area (Å²) >= 11 is 11.6. The van der Waals surface area contributed by atoms with E-state index in [1.807, 2.05) is 11.9 Å². The molecule has 0 aliphatic heterocycles. The molecule has 0 unspecified atom stereocenters. The van der Waals surface area contributed by atoms with Crippen LogP contribution in [0, 0.1) is 0 Å². The highest BCUT2D eigenvalue weighted by atomic mass is 35.5. The minimum atomic E-state index is 0.0879. The molecule has 0 radical (unpaired) electrons. The average Bonchev–Trinajstić information content (AvgIpc) is 2.13. The third kappa shape index (κ3) is 3.54. The Balaban J connectivity index is 2.84. The quantitative estimate of drug-likeness (QED) is 0.859. The Labute approximate surface area is 99.4 Å². The number of aromatic hydroxyl groups is 1. The molecule has 1 aromatic carbocycles. The summed E-state index contributed by atoms with van der Waals surface area (Å²) in [6, 6.07) is 3.22. The van der Waals surface area contributed by atoms with Gasteiger partial charge in [0.25, 0.3) is 0 Å². The van der Waals surface area contributed by atoms with E-state index >= 15 is 0 Å². The molecular formula is C10H14Cl2N2O. The van der Waals surface area contributed by atoms with Crippen LogP contribution >= 0.6 is 23.2 Å². The van der Waals surface area contributed by atoms with Gasteiger partial charge in [0.15, 0.2) is 0 Å². The number of halogens is 2. The van der Waals surface area contributed by atoms with E-state index < -0.39 is 0 Å². The van der Waals surface area contributed by atoms with E-state index in [-0.39, 0.29) is 10.8 Å². The van der Waals surface area contributed by atoms with Crippen LogP contribution < -0.4 is 5.73 Å². The molecule has 0 fully saturated rings. The molecule has 0 aromatic heterocycles. The average molecular weight is 249 g/mol. The zero-order valence-electron chi connectivity index (χ0n) is 8.50. The van der Waals surface area contributed by atoms with Crippen molar-refractivity contribution in [3.8, 4) is 5.75 Å². The number of likely N-dealkylation sites (N-methyl/N-ethyl adjacent to an activating group) is 1. The molecule has 0 saturated carbocycles. The highest BCUT2D eigenvalue weighted by molar-refractivity contribution is 6.35. The van der Waals surface area contributed by atoms with E-state index in [2.05, 4.69) is 0 Å². The Morgan fingerprint density at radius 2 is 2.07 bits per heavy atom. The summed E-state index contributed by atoms with van der Waals surface area (Å²) in [5.74, 6) is 0.0879. The van der Waals surface area contributed by atoms with Crippen molar-refractivity contribution in [3.05, 3.63) is 27.7 Å². The van der Waals surface area contributed by atoms with Gasteiger partial charge in [0, 0.05) is 30.2 Å². The number of phenols is 1. The second-order valence-electron chi connectivity index (χ2n) is 3.42. The van der Waals surface area contributed by atoms with Crippen LogP contribution in [-0.4, -0.2) is 30.1 Å². The monoisotopic (exact) mass is 248 g/mol. The minimum absolute atomic E-state index is 0.0879. The highest BCUT2D eigenvalue weighted by Gasteiger charge is 2.09. The fraction of sp³-hybridized carbons (Fsp3) is 0.400. The van der Waals surface area contributed by atoms with Crippen LogP contribution in [0.2, 0.25) is 10.0 Å². The lowest BCUT2D eigenvalue weighted by Crippen LogP contribution is -2.25. The van der Waals surface area contributed by atoms with Gasteiger partial charge < -0.3 is 15.7 Å². The molecule has 0 atom stereocenters. The van der Waals surface area contributed by atoms with Gasteiger partial charge in [-0.05, 0) is 19.2 Å². The lowest BCUT2D eigenvalue weighted by atomic mass is 10.2. The van der Waals surface area contributed by atoms with Crippen LogP contribution in [0.15, 0.2) is 12.1 Å². The van der Waals surface area contributed by atoms with Crippen LogP contribution in [0.3, 0.4) is 0 Å². The number of phenolic OH excluding ortho intramolecular Hbond substituents is 1. The molecule has 15 heavy (non-hydrogen) atoms. The summed E-state index contributed by atoms with van der Waals surface area (Å²) in [6.07, 6.45) is 0. The summed E-state index contributed by atoms with van der Waals surface area (Å²) in [7, 11) is 1.92. The van der Waals surface area contributed by atoms with Crippen molar-refractivity contribution in [1.29, 1.82) is 0 Å². The molecular weight excluding hydrogens is 235 g/mol. The third-order valence-electron chi connectivity index (χ3n) is 2.06. The summed E-state index contributed by atoms with van der Waals surface area (Å²) in [5.41, 5.74) is 6.14. The van der Waals surface area contributed by atoms with Crippen molar-refractivity contribution in [1.82, 2.24) is 4.90 Å². The standard InChI is InChI=1S/C10H14Cl2N2O/c1-14(3-2-13)6-7-4-8(11)5-9(12)10(7)15/h4-5,15H,2-3,6,13H2,1H3. The van der Waals surface area contributed by atoms with E-state index in [0.717, 1.165) is 6.54 Å². The molecule has 3 nitrogen and oxygen atoms in total. The molecule has 0 spiro atoms. The Morgan fingerprint density at radius 1 is 1.40 bits per heavy atom. The first-order valence-corrected chi connectivity index (χ1v) is 5.35. The SMILES string of the molecule is CN(CCN)Cc1cc(Cl)cc(Cl)c1O. The second-order valence-corrected chi connectivity index (χ2v) is 4.27. The zero-order valence-corrected chi connectivity index (χ0v) is 10.0. The molecule has 1 aromatic rings. The van der Waals surface area contributed by atoms with Gasteiger partial charge in [-0.15, -0.1) is 0 Å². The van der Waals surface area contributed by atoms with Crippen molar-refractivity contribution < 1.29 is 5.11 Å². The van der Waals surface area contributed by atoms with Crippen LogP contribution in [0.4, 0.5) is 0 Å². The summed E-state index contributed by atoms with van der Waals surface area (Å²) in [5, 5.41) is 10.5. The molecule has 3 N–H and O–H groups in total. The fourth-order valence-corrected chi connectivity index (χ4v) is 1.87. The van der Waals surface area contributed by atoms with Gasteiger partial charge in [-0.2, -0.15) is 0 Å². The number of nitrogens with two attached hydrogens (primary N) is 1. The third-order valence-corrected chi connectivity index (χ3v) is 2.56. The summed E-state index contributed by atoms with van der Waals surface area (Å²) in [4.78, 5) is 1.99. The fourth-order valence-electron chi connectivity index (χ4n) is 1.33. The molecule has 0 aliphatic rings. The molecule has 0 heterocycles. The first-order chi connectivity index (χ1) is 7.04. The molecule has 0 amide bonds. The number of hydrogen-bond donors (Lipinski definition) is 2. The van der Waals surface area contributed by atoms with Gasteiger partial charge in [0.05, 0.1) is 5.02 Å². The summed E-state index contributed by atoms with van der Waals surface area (Å²) in [6.45, 7) is 1.90. The van der Waals surface area contributed by atoms with Crippen molar-refractivity contribution >= 4 is 23.2 Å². The molecule has 0 saturated heterocycles. The lowest BCUT2D eigenvalue weighted by molar-refractivity contribution is 0.329. The van der Waals surface area contributed by atoms with E-state index in [4.69, 9.17) is 28.9 Å². The van der Waals surface area contributed by atoms with Gasteiger partial charge in [-0.3, -0.25) is 0 Å². The number of hydrogen-bond acceptors (Lipinski definition) is 3. The van der Waals surface area contributed by atoms with Crippen LogP contribution in [0.25, 0.3) is 0 Å². The first-order valence-electron chi connectivity index (χ1n) is 4.60. The maximum atomic E-state index is 9.69. The number of rotatable bonds is 4. The van der Waals surface area contributed by atoms with Crippen LogP contribution in [0.1, 0.15) is 5.56 Å². The zero-order chi connectivity index (χ0) is 11.4. The van der Waals surface area contributed by atoms with Gasteiger partial charge in [-0.1, -0.05) is 23.2 Å². The van der Waals surface area contributed by atoms with E-state index in [0.29, 0.717) is 23.7 Å². The van der Waals surface area contributed by atoms with Crippen molar-refractivity contribution in [2.24, 2.45) is 5.73 Å². The maximum absolute atomic E-state index is 9.69. The highest BCUT2D eigenvalue weighted by Crippen LogP contribution is 2.31. The molecule has 0 bridgehead atoms. The van der Waals surface area contributed by atoms with Crippen LogP contribution in [-0.2, 0) is 6.54 Å². The number of benzene rings is 1. The summed E-state index contributed by atoms with van der Waals surface area (Å²) < 4.78 is 0. The minimum Gasteiger partial charge on any atom is -0.506 e. The Bertz CT molecular complexity index is 344. The topological polar surface area (TPSA) is 49.5 Å². The van der Waals surface area contributed by atoms with Gasteiger partial charge >= 0.3 is 0 Å². The van der Waals surface area contributed by atoms with E-state index in [1.54, 1.807) is 6.07 Å². The van der Waals surface area contributed by atoms with Crippen LogP contribution in [0.5, 0.6) is 5.75 Å². The molecule has 5 heteroatoms. The predicted octanol–water partition coefficient (Wildman–Crippen LogP) is 2.09. The predicted molar refractivity (Wildman–Crippen MR) is 63.5 cm³/mol. The first kappa shape index (κ1) is 12.6. The van der Waals surface area contributed by atoms with E-state index in [1.165, 1.54) is 6.07 Å². The van der Waals surface area contributed by atoms with Crippen molar-refractivity contribution in [2.75, 3.05) is 20.1 Å². The van der Waals surface area contributed by atoms with Gasteiger partial charge in [0.1, 0.15) is 5.75 Å². The normalized spacial score (nSPS) is 11.0. The van der Waals surface area contributed by atoms with Gasteiger partial charge in [-0.25, -0.2) is 0 Å². The number of nitrogens with zero attached hydrogens (tertiary/aromatic N) is 1. The smallest absolute Gasteiger partial charge is 0.138 e.